The molecule has 1 aromatic heterocycles. The van der Waals surface area contributed by atoms with Gasteiger partial charge in [-0.1, -0.05) is 11.1 Å². The molecular weight excluding hydrogens is 450 g/mol. The molecule has 3 rings (SSSR count). The number of ether oxygens (including phenoxy) is 1. The number of carboxylic acids is 1. The number of carbonyl (C=O) groups excluding carboxylic acids is 3. The average molecular weight is 465 g/mol. The lowest BCUT2D eigenvalue weighted by molar-refractivity contribution is -0.150. The molecule has 1 saturated heterocycles. The number of terminal acetylenes is 1. The summed E-state index contributed by atoms with van der Waals surface area (Å²) in [6.07, 6.45) is 5.54. The molecule has 2 atom stereocenters. The van der Waals surface area contributed by atoms with Crippen LogP contribution in [0.1, 0.15) is 5.69 Å². The molecule has 2 aliphatic rings. The van der Waals surface area contributed by atoms with Crippen LogP contribution in [0.5, 0.6) is 0 Å². The lowest BCUT2D eigenvalue weighted by atomic mass is 10.0. The van der Waals surface area contributed by atoms with Gasteiger partial charge in [-0.2, -0.15) is 0 Å². The number of methoxy groups -OCH3 is 1. The number of aliphatic carboxylic acids is 1. The van der Waals surface area contributed by atoms with Gasteiger partial charge in [-0.25, -0.2) is 9.78 Å². The molecule has 0 spiro atoms. The van der Waals surface area contributed by atoms with Gasteiger partial charge >= 0.3 is 5.97 Å². The Morgan fingerprint density at radius 2 is 2.32 bits per heavy atom. The first kappa shape index (κ1) is 22.1. The standard InChI is InChI=1S/C17H15N5O7S2/c1-3-4-29-21-10(8-5-31-17(19-8)18-7-23)13(24)20-11-14(25)22-12(16(26)27)9(28-2)6-30-15(11)22/h1,5,7,11,15H,4,6H2,2H3,(H,20,24)(H,26,27)(H,18,19,23)/b21-10-/t11?,15-/m1/s1. The van der Waals surface area contributed by atoms with E-state index in [1.807, 2.05) is 0 Å². The highest BCUT2D eigenvalue weighted by atomic mass is 32.2. The molecule has 0 aromatic carbocycles. The first-order chi connectivity index (χ1) is 14.9. The number of nitrogens with zero attached hydrogens (tertiary/aromatic N) is 3. The van der Waals surface area contributed by atoms with Crippen LogP contribution in [0.2, 0.25) is 0 Å². The molecule has 0 saturated carbocycles. The third-order valence-electron chi connectivity index (χ3n) is 4.12. The second-order valence-corrected chi connectivity index (χ2v) is 7.82. The zero-order valence-corrected chi connectivity index (χ0v) is 17.5. The maximum Gasteiger partial charge on any atom is 0.356 e. The van der Waals surface area contributed by atoms with Crippen molar-refractivity contribution in [2.75, 3.05) is 24.8 Å². The van der Waals surface area contributed by atoms with Gasteiger partial charge in [0.25, 0.3) is 11.8 Å². The van der Waals surface area contributed by atoms with Gasteiger partial charge < -0.3 is 25.3 Å². The molecule has 0 aliphatic carbocycles. The number of carbonyl (C=O) groups is 4. The van der Waals surface area contributed by atoms with Gasteiger partial charge in [-0.05, 0) is 0 Å². The van der Waals surface area contributed by atoms with Gasteiger partial charge in [0.05, 0.1) is 12.9 Å². The Balaban J connectivity index is 1.80. The fourth-order valence-electron chi connectivity index (χ4n) is 2.79. The summed E-state index contributed by atoms with van der Waals surface area (Å²) in [6, 6.07) is -0.991. The number of carboxylic acid groups (broad SMARTS) is 1. The van der Waals surface area contributed by atoms with Crippen LogP contribution in [0.15, 0.2) is 22.0 Å². The lowest BCUT2D eigenvalue weighted by Crippen LogP contribution is -2.71. The molecule has 1 aromatic rings. The van der Waals surface area contributed by atoms with E-state index in [1.165, 1.54) is 24.3 Å². The molecule has 3 amide bonds. The van der Waals surface area contributed by atoms with Crippen molar-refractivity contribution in [3.8, 4) is 12.3 Å². The lowest BCUT2D eigenvalue weighted by Gasteiger charge is -2.48. The quantitative estimate of drug-likeness (QED) is 0.108. The Hall–Kier alpha value is -3.57. The van der Waals surface area contributed by atoms with Crippen molar-refractivity contribution < 1.29 is 33.9 Å². The number of amides is 3. The number of oxime groups is 1. The van der Waals surface area contributed by atoms with E-state index in [9.17, 15) is 24.3 Å². The van der Waals surface area contributed by atoms with Crippen LogP contribution in [0.4, 0.5) is 5.13 Å². The van der Waals surface area contributed by atoms with Crippen LogP contribution >= 0.6 is 23.1 Å². The number of thiazole rings is 1. The Bertz CT molecular complexity index is 1030. The van der Waals surface area contributed by atoms with Gasteiger partial charge in [-0.3, -0.25) is 19.3 Å². The number of anilines is 1. The predicted octanol–water partition coefficient (Wildman–Crippen LogP) is -0.592. The molecule has 14 heteroatoms. The summed E-state index contributed by atoms with van der Waals surface area (Å²) in [7, 11) is 1.32. The third kappa shape index (κ3) is 4.32. The van der Waals surface area contributed by atoms with Gasteiger partial charge in [-0.15, -0.1) is 29.5 Å². The summed E-state index contributed by atoms with van der Waals surface area (Å²) in [6.45, 7) is -0.207. The first-order valence-corrected chi connectivity index (χ1v) is 10.4. The summed E-state index contributed by atoms with van der Waals surface area (Å²) in [4.78, 5) is 57.6. The normalized spacial score (nSPS) is 20.2. The summed E-state index contributed by atoms with van der Waals surface area (Å²) in [5.41, 5.74) is -0.419. The minimum absolute atomic E-state index is 0.0941. The van der Waals surface area contributed by atoms with Gasteiger partial charge in [0, 0.05) is 5.38 Å². The number of rotatable bonds is 9. The van der Waals surface area contributed by atoms with E-state index in [1.54, 1.807) is 0 Å². The van der Waals surface area contributed by atoms with E-state index in [2.05, 4.69) is 26.7 Å². The minimum atomic E-state index is -1.30. The van der Waals surface area contributed by atoms with E-state index in [4.69, 9.17) is 16.0 Å². The van der Waals surface area contributed by atoms with E-state index in [0.717, 1.165) is 16.2 Å². The molecule has 162 valence electrons. The highest BCUT2D eigenvalue weighted by molar-refractivity contribution is 8.00. The van der Waals surface area contributed by atoms with E-state index in [-0.39, 0.29) is 40.4 Å². The molecule has 0 bridgehead atoms. The van der Waals surface area contributed by atoms with E-state index >= 15 is 0 Å². The molecule has 1 fully saturated rings. The highest BCUT2D eigenvalue weighted by Gasteiger charge is 2.55. The van der Waals surface area contributed by atoms with Crippen LogP contribution in [0.3, 0.4) is 0 Å². The maximum absolute atomic E-state index is 12.8. The number of fused-ring (bicyclic) bond motifs is 1. The first-order valence-electron chi connectivity index (χ1n) is 8.48. The zero-order valence-electron chi connectivity index (χ0n) is 15.9. The van der Waals surface area contributed by atoms with Crippen LogP contribution < -0.4 is 10.6 Å². The third-order valence-corrected chi connectivity index (χ3v) is 6.14. The van der Waals surface area contributed by atoms with Gasteiger partial charge in [0.15, 0.2) is 23.1 Å². The molecule has 3 heterocycles. The zero-order chi connectivity index (χ0) is 22.5. The highest BCUT2D eigenvalue weighted by Crippen LogP contribution is 2.40. The van der Waals surface area contributed by atoms with Crippen molar-refractivity contribution in [3.63, 3.8) is 0 Å². The Kier molecular flexibility index (Phi) is 6.78. The van der Waals surface area contributed by atoms with Crippen LogP contribution in [0.25, 0.3) is 0 Å². The average Bonchev–Trinajstić information content (AvgIpc) is 3.22. The molecule has 3 N–H and O–H groups in total. The van der Waals surface area contributed by atoms with Crippen LogP contribution in [-0.4, -0.2) is 75.8 Å². The second kappa shape index (κ2) is 9.49. The van der Waals surface area contributed by atoms with Crippen molar-refractivity contribution in [2.45, 2.75) is 11.4 Å². The summed E-state index contributed by atoms with van der Waals surface area (Å²) in [5, 5.41) is 19.1. The number of aromatic nitrogens is 1. The number of β-lactam (4-membered cyclic amide) rings is 1. The number of hydrogen-bond acceptors (Lipinski definition) is 10. The van der Waals surface area contributed by atoms with Crippen molar-refractivity contribution >= 4 is 58.1 Å². The van der Waals surface area contributed by atoms with Crippen LogP contribution in [0, 0.1) is 12.3 Å². The number of nitrogens with one attached hydrogen (secondary N) is 2. The minimum Gasteiger partial charge on any atom is -0.498 e. The monoisotopic (exact) mass is 465 g/mol. The molecule has 31 heavy (non-hydrogen) atoms. The fraction of sp³-hybridized carbons (Fsp3) is 0.294. The molecular formula is C17H15N5O7S2. The van der Waals surface area contributed by atoms with Crippen molar-refractivity contribution in [2.24, 2.45) is 5.16 Å². The van der Waals surface area contributed by atoms with E-state index < -0.39 is 29.2 Å². The number of hydrogen-bond donors (Lipinski definition) is 3. The van der Waals surface area contributed by atoms with Crippen molar-refractivity contribution in [3.05, 3.63) is 22.5 Å². The predicted molar refractivity (Wildman–Crippen MR) is 110 cm³/mol. The summed E-state index contributed by atoms with van der Waals surface area (Å²) < 4.78 is 5.06. The fourth-order valence-corrected chi connectivity index (χ4v) is 4.76. The summed E-state index contributed by atoms with van der Waals surface area (Å²) in [5.74, 6) is -0.113. The smallest absolute Gasteiger partial charge is 0.356 e. The molecule has 2 aliphatic heterocycles. The molecule has 12 nitrogen and oxygen atoms in total. The maximum atomic E-state index is 12.8. The molecule has 1 unspecified atom stereocenters. The van der Waals surface area contributed by atoms with Gasteiger partial charge in [0.1, 0.15) is 22.9 Å². The summed E-state index contributed by atoms with van der Waals surface area (Å²) >= 11 is 2.29. The van der Waals surface area contributed by atoms with Gasteiger partial charge in [0.2, 0.25) is 6.41 Å². The Morgan fingerprint density at radius 1 is 1.55 bits per heavy atom. The topological polar surface area (TPSA) is 160 Å². The largest absolute Gasteiger partial charge is 0.498 e. The Morgan fingerprint density at radius 3 is 2.97 bits per heavy atom. The SMILES string of the molecule is C#CCO/N=C(\C(=O)NC1C(=O)N2C(C(=O)O)=C(OC)CS[C@H]12)c1csc(NC=O)n1. The van der Waals surface area contributed by atoms with Crippen LogP contribution in [-0.2, 0) is 28.8 Å². The second-order valence-electron chi connectivity index (χ2n) is 5.86. The molecule has 0 radical (unpaired) electrons. The van der Waals surface area contributed by atoms with E-state index in [0.29, 0.717) is 6.41 Å². The van der Waals surface area contributed by atoms with Crippen molar-refractivity contribution in [1.82, 2.24) is 15.2 Å². The number of thioether (sulfide) groups is 1. The van der Waals surface area contributed by atoms with Crippen molar-refractivity contribution in [1.29, 1.82) is 0 Å². The Labute approximate surface area is 183 Å².